The van der Waals surface area contributed by atoms with Gasteiger partial charge in [0.2, 0.25) is 5.72 Å². The first-order valence-corrected chi connectivity index (χ1v) is 15.9. The lowest BCUT2D eigenvalue weighted by atomic mass is 9.97. The Labute approximate surface area is 267 Å². The van der Waals surface area contributed by atoms with Crippen LogP contribution in [0.25, 0.3) is 0 Å². The zero-order valence-corrected chi connectivity index (χ0v) is 27.1. The van der Waals surface area contributed by atoms with Gasteiger partial charge in [0.25, 0.3) is 5.91 Å². The van der Waals surface area contributed by atoms with Gasteiger partial charge in [0.15, 0.2) is 0 Å². The van der Waals surface area contributed by atoms with Crippen LogP contribution in [0.5, 0.6) is 17.2 Å². The number of carboxylic acid groups (broad SMARTS) is 1. The highest BCUT2D eigenvalue weighted by atomic mass is 16.5. The third-order valence-corrected chi connectivity index (χ3v) is 8.54. The molecule has 0 aliphatic carbocycles. The van der Waals surface area contributed by atoms with Crippen molar-refractivity contribution >= 4 is 17.7 Å². The maximum absolute atomic E-state index is 13.7. The molecule has 45 heavy (non-hydrogen) atoms. The molecule has 2 unspecified atom stereocenters. The van der Waals surface area contributed by atoms with Gasteiger partial charge < -0.3 is 29.5 Å². The first-order chi connectivity index (χ1) is 21.7. The molecule has 9 heteroatoms. The van der Waals surface area contributed by atoms with Crippen molar-refractivity contribution in [3.8, 4) is 17.2 Å². The number of hydrogen-bond acceptors (Lipinski definition) is 6. The molecule has 1 fully saturated rings. The Morgan fingerprint density at radius 1 is 1.02 bits per heavy atom. The van der Waals surface area contributed by atoms with E-state index in [1.165, 1.54) is 24.9 Å². The molecule has 2 atom stereocenters. The quantitative estimate of drug-likeness (QED) is 0.186. The number of carbonyl (C=O) groups is 2. The Hall–Kier alpha value is -4.24. The minimum Gasteiger partial charge on any atom is -0.497 e. The van der Waals surface area contributed by atoms with E-state index in [0.29, 0.717) is 22.7 Å². The van der Waals surface area contributed by atoms with Gasteiger partial charge in [-0.25, -0.2) is 9.69 Å². The molecule has 2 amide bonds. The summed E-state index contributed by atoms with van der Waals surface area (Å²) in [6, 6.07) is 20.5. The van der Waals surface area contributed by atoms with Crippen molar-refractivity contribution < 1.29 is 28.9 Å². The molecule has 1 saturated heterocycles. The number of benzene rings is 3. The van der Waals surface area contributed by atoms with E-state index in [4.69, 9.17) is 14.2 Å². The second kappa shape index (κ2) is 15.7. The van der Waals surface area contributed by atoms with Gasteiger partial charge in [-0.15, -0.1) is 0 Å². The van der Waals surface area contributed by atoms with Crippen LogP contribution in [0, 0.1) is 6.92 Å². The summed E-state index contributed by atoms with van der Waals surface area (Å²) >= 11 is 0. The van der Waals surface area contributed by atoms with Crippen LogP contribution in [0.2, 0.25) is 0 Å². The summed E-state index contributed by atoms with van der Waals surface area (Å²) < 4.78 is 18.3. The number of unbranched alkanes of at least 4 members (excludes halogenated alkanes) is 1. The van der Waals surface area contributed by atoms with E-state index in [9.17, 15) is 14.7 Å². The van der Waals surface area contributed by atoms with E-state index < -0.39 is 17.9 Å². The molecular weight excluding hydrogens is 570 g/mol. The monoisotopic (exact) mass is 617 g/mol. The third-order valence-electron chi connectivity index (χ3n) is 8.54. The standard InChI is InChI=1S/C36H47N3O6/c1-6-8-21-38-22-19-30(20-23-38)44-33-18-17-28(24-26(33)3)34(40)37-27(4)36(7-2,45-31-14-10-9-11-15-31)39(35(41)42)29-13-12-16-32(25-29)43-5/h9-18,24-25,27,30H,6-8,19-23H2,1-5H3,(H,37,40)(H,41,42). The molecule has 0 radical (unpaired) electrons. The molecule has 1 aliphatic rings. The van der Waals surface area contributed by atoms with Gasteiger partial charge in [-0.3, -0.25) is 4.79 Å². The molecule has 242 valence electrons. The molecule has 1 heterocycles. The molecule has 0 aromatic heterocycles. The number of para-hydroxylation sites is 1. The van der Waals surface area contributed by atoms with Crippen LogP contribution >= 0.6 is 0 Å². The molecule has 1 aliphatic heterocycles. The first kappa shape index (κ1) is 33.6. The number of rotatable bonds is 14. The van der Waals surface area contributed by atoms with Crippen molar-refractivity contribution in [3.05, 3.63) is 83.9 Å². The van der Waals surface area contributed by atoms with Crippen LogP contribution in [0.3, 0.4) is 0 Å². The van der Waals surface area contributed by atoms with Crippen LogP contribution in [0.1, 0.15) is 68.8 Å². The summed E-state index contributed by atoms with van der Waals surface area (Å²) in [7, 11) is 1.52. The second-order valence-electron chi connectivity index (χ2n) is 11.6. The average Bonchev–Trinajstić information content (AvgIpc) is 3.05. The smallest absolute Gasteiger partial charge is 0.415 e. The molecule has 0 spiro atoms. The summed E-state index contributed by atoms with van der Waals surface area (Å²) in [5.41, 5.74) is 0.178. The van der Waals surface area contributed by atoms with Crippen LogP contribution in [-0.2, 0) is 0 Å². The van der Waals surface area contributed by atoms with Crippen LogP contribution in [0.15, 0.2) is 72.8 Å². The summed E-state index contributed by atoms with van der Waals surface area (Å²) in [4.78, 5) is 30.3. The summed E-state index contributed by atoms with van der Waals surface area (Å²) in [6.45, 7) is 11.0. The molecule has 0 saturated carbocycles. The normalized spacial score (nSPS) is 15.8. The van der Waals surface area contributed by atoms with Gasteiger partial charge >= 0.3 is 6.09 Å². The number of nitrogens with zero attached hydrogens (tertiary/aromatic N) is 2. The van der Waals surface area contributed by atoms with E-state index >= 15 is 0 Å². The fraction of sp³-hybridized carbons (Fsp3) is 0.444. The fourth-order valence-electron chi connectivity index (χ4n) is 5.92. The number of anilines is 1. The molecular formula is C36H47N3O6. The van der Waals surface area contributed by atoms with Gasteiger partial charge in [0, 0.05) is 31.1 Å². The number of amides is 2. The Kier molecular flexibility index (Phi) is 11.7. The average molecular weight is 618 g/mol. The minimum atomic E-state index is -1.50. The van der Waals surface area contributed by atoms with Gasteiger partial charge in [-0.1, -0.05) is 44.5 Å². The van der Waals surface area contributed by atoms with E-state index in [1.54, 1.807) is 49.4 Å². The zero-order chi connectivity index (χ0) is 32.4. The Balaban J connectivity index is 1.55. The van der Waals surface area contributed by atoms with Crippen LogP contribution in [0.4, 0.5) is 10.5 Å². The molecule has 4 rings (SSSR count). The number of methoxy groups -OCH3 is 1. The van der Waals surface area contributed by atoms with Crippen molar-refractivity contribution in [1.82, 2.24) is 10.2 Å². The SMILES string of the molecule is CCCCN1CCC(Oc2ccc(C(=O)NC(C)C(CC)(Oc3ccccc3)N(C(=O)O)c3cccc(OC)c3)cc2C)CC1. The lowest BCUT2D eigenvalue weighted by Crippen LogP contribution is -2.66. The Bertz CT molecular complexity index is 1410. The van der Waals surface area contributed by atoms with E-state index in [-0.39, 0.29) is 18.4 Å². The number of hydrogen-bond donors (Lipinski definition) is 2. The number of ether oxygens (including phenoxy) is 3. The molecule has 3 aromatic carbocycles. The van der Waals surface area contributed by atoms with Gasteiger partial charge in [0.05, 0.1) is 18.8 Å². The number of aryl methyl sites for hydroxylation is 1. The second-order valence-corrected chi connectivity index (χ2v) is 11.6. The highest BCUT2D eigenvalue weighted by Crippen LogP contribution is 2.35. The summed E-state index contributed by atoms with van der Waals surface area (Å²) in [5, 5.41) is 13.6. The number of carbonyl (C=O) groups excluding carboxylic acids is 1. The molecule has 0 bridgehead atoms. The van der Waals surface area contributed by atoms with Crippen molar-refractivity contribution in [2.45, 2.75) is 77.7 Å². The largest absolute Gasteiger partial charge is 0.497 e. The molecule has 2 N–H and O–H groups in total. The lowest BCUT2D eigenvalue weighted by Gasteiger charge is -2.45. The maximum Gasteiger partial charge on any atom is 0.415 e. The van der Waals surface area contributed by atoms with Crippen molar-refractivity contribution in [1.29, 1.82) is 0 Å². The van der Waals surface area contributed by atoms with Crippen molar-refractivity contribution in [2.75, 3.05) is 31.6 Å². The van der Waals surface area contributed by atoms with Gasteiger partial charge in [-0.2, -0.15) is 0 Å². The number of nitrogens with one attached hydrogen (secondary N) is 1. The fourth-order valence-corrected chi connectivity index (χ4v) is 5.92. The predicted octanol–water partition coefficient (Wildman–Crippen LogP) is 7.14. The lowest BCUT2D eigenvalue weighted by molar-refractivity contribution is 0.0261. The van der Waals surface area contributed by atoms with Crippen molar-refractivity contribution in [3.63, 3.8) is 0 Å². The third kappa shape index (κ3) is 8.28. The van der Waals surface area contributed by atoms with E-state index in [1.807, 2.05) is 44.2 Å². The van der Waals surface area contributed by atoms with Gasteiger partial charge in [-0.05, 0) is 87.7 Å². The molecule has 9 nitrogen and oxygen atoms in total. The van der Waals surface area contributed by atoms with E-state index in [0.717, 1.165) is 43.8 Å². The number of likely N-dealkylation sites (tertiary alicyclic amines) is 1. The minimum absolute atomic E-state index is 0.153. The Morgan fingerprint density at radius 3 is 2.36 bits per heavy atom. The summed E-state index contributed by atoms with van der Waals surface area (Å²) in [5.74, 6) is 1.41. The van der Waals surface area contributed by atoms with Gasteiger partial charge in [0.1, 0.15) is 23.4 Å². The van der Waals surface area contributed by atoms with Crippen LogP contribution in [-0.4, -0.2) is 66.6 Å². The Morgan fingerprint density at radius 2 is 1.73 bits per heavy atom. The van der Waals surface area contributed by atoms with Crippen molar-refractivity contribution in [2.24, 2.45) is 0 Å². The molecule has 3 aromatic rings. The van der Waals surface area contributed by atoms with E-state index in [2.05, 4.69) is 17.1 Å². The first-order valence-electron chi connectivity index (χ1n) is 15.9. The topological polar surface area (TPSA) is 101 Å². The highest BCUT2D eigenvalue weighted by molar-refractivity contribution is 5.95. The number of piperidine rings is 1. The van der Waals surface area contributed by atoms with Crippen LogP contribution < -0.4 is 24.4 Å². The maximum atomic E-state index is 13.7. The highest BCUT2D eigenvalue weighted by Gasteiger charge is 2.48. The predicted molar refractivity (Wildman–Crippen MR) is 177 cm³/mol. The summed E-state index contributed by atoms with van der Waals surface area (Å²) in [6.07, 6.45) is 3.55. The zero-order valence-electron chi connectivity index (χ0n) is 27.1.